The van der Waals surface area contributed by atoms with Gasteiger partial charge in [0.15, 0.2) is 0 Å². The highest BCUT2D eigenvalue weighted by atomic mass is 16.3. The molecule has 0 saturated carbocycles. The van der Waals surface area contributed by atoms with Crippen LogP contribution in [0.3, 0.4) is 0 Å². The van der Waals surface area contributed by atoms with Crippen LogP contribution in [0.15, 0.2) is 0 Å². The van der Waals surface area contributed by atoms with Gasteiger partial charge in [-0.25, -0.2) is 0 Å². The SMILES string of the molecule is CCCCCCCCCCN1CCCC1=O.OCCN(CCO)CCO. The highest BCUT2D eigenvalue weighted by Crippen LogP contribution is 2.12. The standard InChI is InChI=1S/C14H27NO.C6H15NO3/c1-2-3-4-5-6-7-8-9-12-15-13-10-11-14(15)16;8-4-1-7(2-5-9)3-6-10/h2-13H2,1H3;8-10H,1-6H2. The summed E-state index contributed by atoms with van der Waals surface area (Å²) in [6.45, 7) is 6.03. The van der Waals surface area contributed by atoms with Gasteiger partial charge in [-0.3, -0.25) is 9.69 Å². The molecule has 1 saturated heterocycles. The summed E-state index contributed by atoms with van der Waals surface area (Å²) in [6.07, 6.45) is 12.6. The number of carbonyl (C=O) groups is 1. The van der Waals surface area contributed by atoms with Crippen LogP contribution in [0.25, 0.3) is 0 Å². The molecule has 0 atom stereocenters. The third kappa shape index (κ3) is 14.5. The van der Waals surface area contributed by atoms with E-state index in [2.05, 4.69) is 6.92 Å². The van der Waals surface area contributed by atoms with Gasteiger partial charge in [0, 0.05) is 39.1 Å². The molecule has 26 heavy (non-hydrogen) atoms. The molecule has 3 N–H and O–H groups in total. The van der Waals surface area contributed by atoms with Crippen molar-refractivity contribution in [3.05, 3.63) is 0 Å². The molecule has 156 valence electrons. The van der Waals surface area contributed by atoms with Gasteiger partial charge in [0.2, 0.25) is 5.91 Å². The molecule has 0 unspecified atom stereocenters. The molecule has 0 spiro atoms. The van der Waals surface area contributed by atoms with Crippen molar-refractivity contribution in [2.45, 2.75) is 71.1 Å². The second-order valence-electron chi connectivity index (χ2n) is 6.97. The maximum absolute atomic E-state index is 11.3. The van der Waals surface area contributed by atoms with Crippen LogP contribution in [0.2, 0.25) is 0 Å². The number of hydrogen-bond acceptors (Lipinski definition) is 5. The van der Waals surface area contributed by atoms with Gasteiger partial charge in [0.05, 0.1) is 19.8 Å². The average Bonchev–Trinajstić information content (AvgIpc) is 3.04. The van der Waals surface area contributed by atoms with E-state index in [1.807, 2.05) is 4.90 Å². The number of unbranched alkanes of at least 4 members (excludes halogenated alkanes) is 7. The Kier molecular flexibility index (Phi) is 18.6. The van der Waals surface area contributed by atoms with Crippen LogP contribution >= 0.6 is 0 Å². The Hall–Kier alpha value is -0.690. The Morgan fingerprint density at radius 3 is 1.77 bits per heavy atom. The van der Waals surface area contributed by atoms with Crippen molar-refractivity contribution in [2.24, 2.45) is 0 Å². The van der Waals surface area contributed by atoms with Gasteiger partial charge in [-0.1, -0.05) is 51.9 Å². The summed E-state index contributed by atoms with van der Waals surface area (Å²) in [5.74, 6) is 0.378. The molecule has 1 fully saturated rings. The zero-order valence-electron chi connectivity index (χ0n) is 16.9. The predicted molar refractivity (Wildman–Crippen MR) is 106 cm³/mol. The largest absolute Gasteiger partial charge is 0.395 e. The van der Waals surface area contributed by atoms with Crippen LogP contribution in [-0.4, -0.2) is 83.6 Å². The minimum absolute atomic E-state index is 0.0694. The first-order valence-corrected chi connectivity index (χ1v) is 10.5. The van der Waals surface area contributed by atoms with Crippen LogP contribution in [0.1, 0.15) is 71.1 Å². The van der Waals surface area contributed by atoms with Gasteiger partial charge in [-0.15, -0.1) is 0 Å². The zero-order chi connectivity index (χ0) is 19.5. The third-order valence-electron chi connectivity index (χ3n) is 4.70. The van der Waals surface area contributed by atoms with Crippen molar-refractivity contribution >= 4 is 5.91 Å². The summed E-state index contributed by atoms with van der Waals surface area (Å²) in [5, 5.41) is 25.5. The number of nitrogens with zero attached hydrogens (tertiary/aromatic N) is 2. The molecule has 0 aromatic rings. The normalized spacial score (nSPS) is 14.0. The third-order valence-corrected chi connectivity index (χ3v) is 4.70. The van der Waals surface area contributed by atoms with Crippen LogP contribution in [0.5, 0.6) is 0 Å². The molecular weight excluding hydrogens is 332 g/mol. The maximum Gasteiger partial charge on any atom is 0.222 e. The summed E-state index contributed by atoms with van der Waals surface area (Å²) in [5.41, 5.74) is 0. The lowest BCUT2D eigenvalue weighted by molar-refractivity contribution is -0.127. The van der Waals surface area contributed by atoms with E-state index in [9.17, 15) is 4.79 Å². The monoisotopic (exact) mass is 374 g/mol. The number of rotatable bonds is 15. The van der Waals surface area contributed by atoms with Crippen molar-refractivity contribution in [2.75, 3.05) is 52.5 Å². The van der Waals surface area contributed by atoms with E-state index in [1.54, 1.807) is 4.90 Å². The molecule has 1 rings (SSSR count). The molecule has 1 heterocycles. The Labute approximate surface area is 160 Å². The summed E-state index contributed by atoms with van der Waals surface area (Å²) >= 11 is 0. The van der Waals surface area contributed by atoms with E-state index in [0.717, 1.165) is 25.9 Å². The van der Waals surface area contributed by atoms with E-state index in [0.29, 0.717) is 25.5 Å². The van der Waals surface area contributed by atoms with Crippen LogP contribution in [0.4, 0.5) is 0 Å². The van der Waals surface area contributed by atoms with Crippen molar-refractivity contribution in [3.8, 4) is 0 Å². The predicted octanol–water partition coefficient (Wildman–Crippen LogP) is 2.01. The summed E-state index contributed by atoms with van der Waals surface area (Å²) < 4.78 is 0. The Morgan fingerprint density at radius 1 is 0.846 bits per heavy atom. The fraction of sp³-hybridized carbons (Fsp3) is 0.950. The Balaban J connectivity index is 0.000000541. The fourth-order valence-corrected chi connectivity index (χ4v) is 3.14. The quantitative estimate of drug-likeness (QED) is 0.382. The average molecular weight is 375 g/mol. The van der Waals surface area contributed by atoms with Gasteiger partial charge in [-0.05, 0) is 12.8 Å². The van der Waals surface area contributed by atoms with Crippen molar-refractivity contribution in [3.63, 3.8) is 0 Å². The fourth-order valence-electron chi connectivity index (χ4n) is 3.14. The van der Waals surface area contributed by atoms with E-state index >= 15 is 0 Å². The number of carbonyl (C=O) groups excluding carboxylic acids is 1. The van der Waals surface area contributed by atoms with Crippen molar-refractivity contribution in [1.29, 1.82) is 0 Å². The lowest BCUT2D eigenvalue weighted by Gasteiger charge is -2.17. The summed E-state index contributed by atoms with van der Waals surface area (Å²) in [4.78, 5) is 15.2. The molecule has 0 aromatic heterocycles. The van der Waals surface area contributed by atoms with Gasteiger partial charge in [0.25, 0.3) is 0 Å². The van der Waals surface area contributed by atoms with Crippen molar-refractivity contribution in [1.82, 2.24) is 9.80 Å². The summed E-state index contributed by atoms with van der Waals surface area (Å²) in [7, 11) is 0. The lowest BCUT2D eigenvalue weighted by atomic mass is 10.1. The molecular formula is C20H42N2O4. The molecule has 1 amide bonds. The number of aliphatic hydroxyl groups excluding tert-OH is 3. The first-order valence-electron chi connectivity index (χ1n) is 10.5. The highest BCUT2D eigenvalue weighted by Gasteiger charge is 2.18. The second kappa shape index (κ2) is 19.1. The zero-order valence-corrected chi connectivity index (χ0v) is 16.9. The molecule has 6 heteroatoms. The van der Waals surface area contributed by atoms with Crippen LogP contribution < -0.4 is 0 Å². The molecule has 0 aromatic carbocycles. The lowest BCUT2D eigenvalue weighted by Crippen LogP contribution is -2.32. The Morgan fingerprint density at radius 2 is 1.35 bits per heavy atom. The van der Waals surface area contributed by atoms with E-state index < -0.39 is 0 Å². The van der Waals surface area contributed by atoms with E-state index in [-0.39, 0.29) is 19.8 Å². The van der Waals surface area contributed by atoms with Gasteiger partial charge in [0.1, 0.15) is 0 Å². The van der Waals surface area contributed by atoms with Gasteiger partial charge in [-0.2, -0.15) is 0 Å². The summed E-state index contributed by atoms with van der Waals surface area (Å²) in [6, 6.07) is 0. The van der Waals surface area contributed by atoms with E-state index in [4.69, 9.17) is 15.3 Å². The minimum atomic E-state index is 0.0694. The van der Waals surface area contributed by atoms with E-state index in [1.165, 1.54) is 51.4 Å². The molecule has 1 aliphatic heterocycles. The topological polar surface area (TPSA) is 84.2 Å². The Bertz CT molecular complexity index is 302. The van der Waals surface area contributed by atoms with Crippen molar-refractivity contribution < 1.29 is 20.1 Å². The van der Waals surface area contributed by atoms with Crippen LogP contribution in [-0.2, 0) is 4.79 Å². The molecule has 1 aliphatic rings. The number of aliphatic hydroxyl groups is 3. The molecule has 6 nitrogen and oxygen atoms in total. The van der Waals surface area contributed by atoms with Crippen LogP contribution in [0, 0.1) is 0 Å². The smallest absolute Gasteiger partial charge is 0.222 e. The molecule has 0 radical (unpaired) electrons. The first kappa shape index (κ1) is 25.3. The first-order chi connectivity index (χ1) is 12.7. The van der Waals surface area contributed by atoms with Gasteiger partial charge >= 0.3 is 0 Å². The number of amides is 1. The molecule has 0 aliphatic carbocycles. The molecule has 0 bridgehead atoms. The highest BCUT2D eigenvalue weighted by molar-refractivity contribution is 5.77. The van der Waals surface area contributed by atoms with Gasteiger partial charge < -0.3 is 20.2 Å². The second-order valence-corrected chi connectivity index (χ2v) is 6.97. The number of likely N-dealkylation sites (tertiary alicyclic amines) is 1. The minimum Gasteiger partial charge on any atom is -0.395 e. The number of hydrogen-bond donors (Lipinski definition) is 3. The maximum atomic E-state index is 11.3.